The van der Waals surface area contributed by atoms with E-state index < -0.39 is 97.5 Å². The molecule has 0 saturated heterocycles. The zero-order chi connectivity index (χ0) is 68.6. The maximum absolute atomic E-state index is 13.1. The molecular weight excluding hydrogens is 1220 g/mol. The van der Waals surface area contributed by atoms with Gasteiger partial charge in [0.25, 0.3) is 0 Å². The molecule has 0 aliphatic rings. The van der Waals surface area contributed by atoms with Crippen LogP contribution in [0.25, 0.3) is 0 Å². The quantitative estimate of drug-likeness (QED) is 0.0222. The van der Waals surface area contributed by atoms with Crippen molar-refractivity contribution in [2.45, 2.75) is 400 Å². The number of ether oxygens (including phenoxy) is 4. The van der Waals surface area contributed by atoms with Crippen LogP contribution in [0, 0.1) is 11.8 Å². The van der Waals surface area contributed by atoms with Gasteiger partial charge in [0.1, 0.15) is 19.3 Å². The van der Waals surface area contributed by atoms with Crippen LogP contribution < -0.4 is 0 Å². The van der Waals surface area contributed by atoms with Crippen molar-refractivity contribution >= 4 is 39.5 Å². The summed E-state index contributed by atoms with van der Waals surface area (Å²) in [6.07, 6.45) is 53.1. The molecule has 0 radical (unpaired) electrons. The van der Waals surface area contributed by atoms with Crippen molar-refractivity contribution in [3.63, 3.8) is 0 Å². The summed E-state index contributed by atoms with van der Waals surface area (Å²) in [6, 6.07) is 0. The molecule has 0 aromatic rings. The van der Waals surface area contributed by atoms with Gasteiger partial charge >= 0.3 is 39.5 Å². The summed E-state index contributed by atoms with van der Waals surface area (Å²) in [5.41, 5.74) is 0. The van der Waals surface area contributed by atoms with Crippen molar-refractivity contribution < 1.29 is 80.2 Å². The monoisotopic (exact) mass is 1370 g/mol. The van der Waals surface area contributed by atoms with Gasteiger partial charge < -0.3 is 33.8 Å². The lowest BCUT2D eigenvalue weighted by Gasteiger charge is -2.21. The van der Waals surface area contributed by atoms with Gasteiger partial charge in [-0.25, -0.2) is 9.13 Å². The molecule has 0 aromatic heterocycles. The van der Waals surface area contributed by atoms with E-state index in [1.807, 2.05) is 0 Å². The van der Waals surface area contributed by atoms with E-state index in [0.717, 1.165) is 102 Å². The van der Waals surface area contributed by atoms with Gasteiger partial charge in [0.15, 0.2) is 12.2 Å². The fraction of sp³-hybridized carbons (Fsp3) is 0.946. The SMILES string of the molecule is CCCCCCCCCCCCCCCCCCCCCCC(=O)O[C@H](COC(=O)CCCCCCCCCCCCCCCC(C)C)COP(=O)(O)OC[C@@H](O)COP(=O)(O)OC[C@@H](COC(=O)CCCCCCCCCC)OC(=O)CCCCCCCCC(C)C. The molecule has 0 saturated carbocycles. The fourth-order valence-electron chi connectivity index (χ4n) is 11.3. The van der Waals surface area contributed by atoms with E-state index in [0.29, 0.717) is 31.6 Å². The third kappa shape index (κ3) is 68.4. The highest BCUT2D eigenvalue weighted by Crippen LogP contribution is 2.45. The van der Waals surface area contributed by atoms with E-state index in [1.165, 1.54) is 193 Å². The van der Waals surface area contributed by atoms with Crippen LogP contribution in [0.2, 0.25) is 0 Å². The number of hydrogen-bond donors (Lipinski definition) is 3. The molecular formula is C74H144O17P2. The van der Waals surface area contributed by atoms with Crippen molar-refractivity contribution in [3.05, 3.63) is 0 Å². The van der Waals surface area contributed by atoms with E-state index >= 15 is 0 Å². The number of esters is 4. The molecule has 0 aliphatic carbocycles. The van der Waals surface area contributed by atoms with Crippen LogP contribution in [-0.4, -0.2) is 96.7 Å². The maximum Gasteiger partial charge on any atom is 0.472 e. The van der Waals surface area contributed by atoms with E-state index in [-0.39, 0.29) is 25.7 Å². The summed E-state index contributed by atoms with van der Waals surface area (Å²) in [4.78, 5) is 72.5. The summed E-state index contributed by atoms with van der Waals surface area (Å²) in [6.45, 7) is 9.47. The summed E-state index contributed by atoms with van der Waals surface area (Å²) in [5, 5.41) is 10.6. The topological polar surface area (TPSA) is 237 Å². The second kappa shape index (κ2) is 66.0. The summed E-state index contributed by atoms with van der Waals surface area (Å²) in [5.74, 6) is -0.666. The van der Waals surface area contributed by atoms with Crippen molar-refractivity contribution in [1.82, 2.24) is 0 Å². The van der Waals surface area contributed by atoms with Crippen LogP contribution in [0.15, 0.2) is 0 Å². The number of aliphatic hydroxyl groups is 1. The van der Waals surface area contributed by atoms with Gasteiger partial charge in [-0.2, -0.15) is 0 Å². The number of phosphoric ester groups is 2. The number of unbranched alkanes of at least 4 members (excludes halogenated alkanes) is 43. The Labute approximate surface area is 568 Å². The van der Waals surface area contributed by atoms with Crippen LogP contribution >= 0.6 is 15.6 Å². The van der Waals surface area contributed by atoms with Gasteiger partial charge in [0.05, 0.1) is 26.4 Å². The third-order valence-corrected chi connectivity index (χ3v) is 19.1. The van der Waals surface area contributed by atoms with Gasteiger partial charge in [-0.3, -0.25) is 37.3 Å². The van der Waals surface area contributed by atoms with E-state index in [4.69, 9.17) is 37.0 Å². The van der Waals surface area contributed by atoms with Crippen molar-refractivity contribution in [2.24, 2.45) is 11.8 Å². The molecule has 0 heterocycles. The molecule has 0 rings (SSSR count). The van der Waals surface area contributed by atoms with Crippen LogP contribution in [0.1, 0.15) is 382 Å². The van der Waals surface area contributed by atoms with Crippen LogP contribution in [0.4, 0.5) is 0 Å². The Balaban J connectivity index is 5.17. The molecule has 19 heteroatoms. The number of rotatable bonds is 73. The summed E-state index contributed by atoms with van der Waals surface area (Å²) in [7, 11) is -9.90. The molecule has 93 heavy (non-hydrogen) atoms. The molecule has 0 bridgehead atoms. The molecule has 2 unspecified atom stereocenters. The Bertz CT molecular complexity index is 1800. The number of aliphatic hydroxyl groups excluding tert-OH is 1. The Hall–Kier alpha value is -1.94. The maximum atomic E-state index is 13.1. The number of carbonyl (C=O) groups is 4. The zero-order valence-corrected chi connectivity index (χ0v) is 62.3. The number of hydrogen-bond acceptors (Lipinski definition) is 15. The molecule has 17 nitrogen and oxygen atoms in total. The van der Waals surface area contributed by atoms with Crippen molar-refractivity contribution in [2.75, 3.05) is 39.6 Å². The van der Waals surface area contributed by atoms with E-state index in [2.05, 4.69) is 41.5 Å². The minimum absolute atomic E-state index is 0.102. The standard InChI is InChI=1S/C74H144O17P2/c1-7-9-11-13-15-17-18-19-20-21-22-23-24-25-28-32-35-39-46-52-58-73(78)90-69(62-85-72(77)57-51-45-38-34-31-29-26-27-30-33-36-42-48-54-66(3)4)64-88-92(80,81)86-60-68(75)61-87-93(82,83)89-65-70(63-84-71(76)56-50-44-37-16-14-12-10-8-2)91-74(79)59-53-47-41-40-43-49-55-67(5)6/h66-70,75H,7-65H2,1-6H3,(H,80,81)(H,82,83)/t68-,69-,70-/m1/s1. The highest BCUT2D eigenvalue weighted by molar-refractivity contribution is 7.47. The highest BCUT2D eigenvalue weighted by atomic mass is 31.2. The second-order valence-corrected chi connectivity index (χ2v) is 30.5. The predicted molar refractivity (Wildman–Crippen MR) is 377 cm³/mol. The molecule has 0 fully saturated rings. The van der Waals surface area contributed by atoms with Gasteiger partial charge in [-0.15, -0.1) is 0 Å². The van der Waals surface area contributed by atoms with Crippen molar-refractivity contribution in [1.29, 1.82) is 0 Å². The van der Waals surface area contributed by atoms with Crippen LogP contribution in [0.3, 0.4) is 0 Å². The average molecular weight is 1370 g/mol. The van der Waals surface area contributed by atoms with Crippen LogP contribution in [-0.2, 0) is 65.4 Å². The number of carbonyl (C=O) groups excluding carboxylic acids is 4. The Morgan fingerprint density at radius 1 is 0.290 bits per heavy atom. The number of phosphoric acid groups is 2. The van der Waals surface area contributed by atoms with Gasteiger partial charge in [-0.05, 0) is 37.5 Å². The molecule has 5 atom stereocenters. The lowest BCUT2D eigenvalue weighted by molar-refractivity contribution is -0.161. The second-order valence-electron chi connectivity index (χ2n) is 27.6. The zero-order valence-electron chi connectivity index (χ0n) is 60.6. The summed E-state index contributed by atoms with van der Waals surface area (Å²) >= 11 is 0. The first-order chi connectivity index (χ1) is 44.9. The minimum atomic E-state index is -4.95. The molecule has 0 aromatic carbocycles. The normalized spacial score (nSPS) is 14.1. The average Bonchev–Trinajstić information content (AvgIpc) is 2.14. The van der Waals surface area contributed by atoms with Gasteiger partial charge in [0.2, 0.25) is 0 Å². The van der Waals surface area contributed by atoms with Gasteiger partial charge in [0, 0.05) is 25.7 Å². The largest absolute Gasteiger partial charge is 0.472 e. The first-order valence-electron chi connectivity index (χ1n) is 38.5. The Morgan fingerprint density at radius 2 is 0.495 bits per heavy atom. The fourth-order valence-corrected chi connectivity index (χ4v) is 12.9. The Morgan fingerprint density at radius 3 is 0.731 bits per heavy atom. The molecule has 0 amide bonds. The van der Waals surface area contributed by atoms with E-state index in [9.17, 15) is 43.2 Å². The molecule has 552 valence electrons. The highest BCUT2D eigenvalue weighted by Gasteiger charge is 2.30. The molecule has 3 N–H and O–H groups in total. The minimum Gasteiger partial charge on any atom is -0.462 e. The predicted octanol–water partition coefficient (Wildman–Crippen LogP) is 21.6. The van der Waals surface area contributed by atoms with Crippen molar-refractivity contribution in [3.8, 4) is 0 Å². The first kappa shape index (κ1) is 91.1. The summed E-state index contributed by atoms with van der Waals surface area (Å²) < 4.78 is 68.3. The smallest absolute Gasteiger partial charge is 0.462 e. The Kier molecular flexibility index (Phi) is 64.6. The molecule has 0 aliphatic heterocycles. The first-order valence-corrected chi connectivity index (χ1v) is 41.5. The lowest BCUT2D eigenvalue weighted by Crippen LogP contribution is -2.30. The third-order valence-electron chi connectivity index (χ3n) is 17.2. The molecule has 0 spiro atoms. The van der Waals surface area contributed by atoms with E-state index in [1.54, 1.807) is 0 Å². The lowest BCUT2D eigenvalue weighted by atomic mass is 10.0. The van der Waals surface area contributed by atoms with Gasteiger partial charge in [-0.1, -0.05) is 330 Å². The van der Waals surface area contributed by atoms with Crippen LogP contribution in [0.5, 0.6) is 0 Å².